The SMILES string of the molecule is CC(CC1CC1)Nc1ccc([N+](=O)[O-])cc1N. The first kappa shape index (κ1) is 11.7. The molecule has 1 unspecified atom stereocenters. The number of nitro benzene ring substituents is 1. The number of hydrogen-bond donors (Lipinski definition) is 2. The number of non-ortho nitro benzene ring substituents is 1. The standard InChI is InChI=1S/C12H17N3O2/c1-8(6-9-2-3-9)14-12-5-4-10(15(16)17)7-11(12)13/h4-5,7-9,14H,2-3,6,13H2,1H3. The minimum atomic E-state index is -0.437. The molecule has 2 rings (SSSR count). The van der Waals surface area contributed by atoms with E-state index in [4.69, 9.17) is 5.73 Å². The van der Waals surface area contributed by atoms with Crippen LogP contribution >= 0.6 is 0 Å². The summed E-state index contributed by atoms with van der Waals surface area (Å²) in [5.74, 6) is 0.844. The first-order chi connectivity index (χ1) is 8.06. The Labute approximate surface area is 100 Å². The smallest absolute Gasteiger partial charge is 0.271 e. The Bertz CT molecular complexity index is 430. The summed E-state index contributed by atoms with van der Waals surface area (Å²) >= 11 is 0. The molecule has 1 atom stereocenters. The molecule has 17 heavy (non-hydrogen) atoms. The molecule has 1 aliphatic rings. The van der Waals surface area contributed by atoms with Crippen molar-refractivity contribution in [2.75, 3.05) is 11.1 Å². The van der Waals surface area contributed by atoms with Gasteiger partial charge in [0.2, 0.25) is 0 Å². The van der Waals surface area contributed by atoms with Crippen molar-refractivity contribution in [2.24, 2.45) is 5.92 Å². The van der Waals surface area contributed by atoms with Gasteiger partial charge in [0.1, 0.15) is 0 Å². The maximum atomic E-state index is 10.6. The van der Waals surface area contributed by atoms with E-state index in [0.29, 0.717) is 11.7 Å². The second kappa shape index (κ2) is 4.61. The Hall–Kier alpha value is -1.78. The van der Waals surface area contributed by atoms with Crippen LogP contribution in [0.1, 0.15) is 26.2 Å². The average molecular weight is 235 g/mol. The quantitative estimate of drug-likeness (QED) is 0.467. The van der Waals surface area contributed by atoms with Crippen LogP contribution in [0.3, 0.4) is 0 Å². The van der Waals surface area contributed by atoms with Gasteiger partial charge in [-0.2, -0.15) is 0 Å². The van der Waals surface area contributed by atoms with E-state index in [2.05, 4.69) is 12.2 Å². The highest BCUT2D eigenvalue weighted by molar-refractivity contribution is 5.69. The molecule has 1 aromatic rings. The van der Waals surface area contributed by atoms with E-state index < -0.39 is 4.92 Å². The second-order valence-corrected chi connectivity index (χ2v) is 4.75. The van der Waals surface area contributed by atoms with Crippen molar-refractivity contribution in [1.82, 2.24) is 0 Å². The van der Waals surface area contributed by atoms with Crippen LogP contribution in [-0.2, 0) is 0 Å². The van der Waals surface area contributed by atoms with Crippen LogP contribution in [-0.4, -0.2) is 11.0 Å². The van der Waals surface area contributed by atoms with Crippen LogP contribution in [0.5, 0.6) is 0 Å². The molecular formula is C12H17N3O2. The highest BCUT2D eigenvalue weighted by atomic mass is 16.6. The summed E-state index contributed by atoms with van der Waals surface area (Å²) in [5, 5.41) is 13.9. The van der Waals surface area contributed by atoms with Gasteiger partial charge in [-0.05, 0) is 25.3 Å². The Balaban J connectivity index is 2.02. The van der Waals surface area contributed by atoms with E-state index in [9.17, 15) is 10.1 Å². The summed E-state index contributed by atoms with van der Waals surface area (Å²) in [5.41, 5.74) is 7.03. The fourth-order valence-electron chi connectivity index (χ4n) is 1.97. The average Bonchev–Trinajstić information content (AvgIpc) is 3.04. The van der Waals surface area contributed by atoms with Gasteiger partial charge in [-0.25, -0.2) is 0 Å². The normalized spacial score (nSPS) is 16.5. The lowest BCUT2D eigenvalue weighted by Crippen LogP contribution is -2.16. The fourth-order valence-corrected chi connectivity index (χ4v) is 1.97. The summed E-state index contributed by atoms with van der Waals surface area (Å²) in [6.07, 6.45) is 3.78. The highest BCUT2D eigenvalue weighted by Gasteiger charge is 2.23. The molecule has 0 amide bonds. The first-order valence-corrected chi connectivity index (χ1v) is 5.86. The Morgan fingerprint density at radius 1 is 1.59 bits per heavy atom. The lowest BCUT2D eigenvalue weighted by molar-refractivity contribution is -0.384. The van der Waals surface area contributed by atoms with Gasteiger partial charge in [-0.3, -0.25) is 10.1 Å². The summed E-state index contributed by atoms with van der Waals surface area (Å²) in [7, 11) is 0. The molecular weight excluding hydrogens is 218 g/mol. The van der Waals surface area contributed by atoms with Crippen LogP contribution in [0.2, 0.25) is 0 Å². The minimum Gasteiger partial charge on any atom is -0.397 e. The molecule has 1 fully saturated rings. The molecule has 0 radical (unpaired) electrons. The second-order valence-electron chi connectivity index (χ2n) is 4.75. The number of nitrogen functional groups attached to an aromatic ring is 1. The maximum Gasteiger partial charge on any atom is 0.271 e. The topological polar surface area (TPSA) is 81.2 Å². The summed E-state index contributed by atoms with van der Waals surface area (Å²) < 4.78 is 0. The Morgan fingerprint density at radius 2 is 2.29 bits per heavy atom. The number of nitro groups is 1. The molecule has 0 aromatic heterocycles. The van der Waals surface area contributed by atoms with Crippen molar-refractivity contribution in [3.05, 3.63) is 28.3 Å². The largest absolute Gasteiger partial charge is 0.397 e. The number of nitrogens with one attached hydrogen (secondary N) is 1. The van der Waals surface area contributed by atoms with Gasteiger partial charge >= 0.3 is 0 Å². The lowest BCUT2D eigenvalue weighted by atomic mass is 10.1. The van der Waals surface area contributed by atoms with Crippen LogP contribution in [0.15, 0.2) is 18.2 Å². The van der Waals surface area contributed by atoms with E-state index in [1.807, 2.05) is 0 Å². The van der Waals surface area contributed by atoms with Crippen LogP contribution < -0.4 is 11.1 Å². The number of anilines is 2. The van der Waals surface area contributed by atoms with Crippen molar-refractivity contribution >= 4 is 17.1 Å². The van der Waals surface area contributed by atoms with Crippen molar-refractivity contribution in [3.63, 3.8) is 0 Å². The molecule has 0 heterocycles. The molecule has 0 spiro atoms. The van der Waals surface area contributed by atoms with Crippen molar-refractivity contribution < 1.29 is 4.92 Å². The lowest BCUT2D eigenvalue weighted by Gasteiger charge is -2.16. The van der Waals surface area contributed by atoms with Crippen LogP contribution in [0.25, 0.3) is 0 Å². The number of rotatable bonds is 5. The van der Waals surface area contributed by atoms with Gasteiger partial charge in [0, 0.05) is 18.2 Å². The molecule has 92 valence electrons. The summed E-state index contributed by atoms with van der Waals surface area (Å²) in [6.45, 7) is 2.11. The highest BCUT2D eigenvalue weighted by Crippen LogP contribution is 2.34. The molecule has 5 heteroatoms. The van der Waals surface area contributed by atoms with Gasteiger partial charge in [0.05, 0.1) is 16.3 Å². The van der Waals surface area contributed by atoms with Gasteiger partial charge < -0.3 is 11.1 Å². The monoisotopic (exact) mass is 235 g/mol. The zero-order valence-electron chi connectivity index (χ0n) is 9.85. The van der Waals surface area contributed by atoms with Gasteiger partial charge in [-0.15, -0.1) is 0 Å². The third-order valence-electron chi connectivity index (χ3n) is 3.03. The minimum absolute atomic E-state index is 0.0305. The van der Waals surface area contributed by atoms with Gasteiger partial charge in [0.15, 0.2) is 0 Å². The van der Waals surface area contributed by atoms with Crippen LogP contribution in [0.4, 0.5) is 17.1 Å². The van der Waals surface area contributed by atoms with E-state index in [-0.39, 0.29) is 5.69 Å². The third-order valence-corrected chi connectivity index (χ3v) is 3.03. The maximum absolute atomic E-state index is 10.6. The first-order valence-electron chi connectivity index (χ1n) is 5.86. The molecule has 0 saturated heterocycles. The number of benzene rings is 1. The predicted octanol–water partition coefficient (Wildman–Crippen LogP) is 2.78. The number of nitrogens with zero attached hydrogens (tertiary/aromatic N) is 1. The number of nitrogens with two attached hydrogens (primary N) is 1. The molecule has 3 N–H and O–H groups in total. The summed E-state index contributed by atoms with van der Waals surface area (Å²) in [4.78, 5) is 10.1. The zero-order valence-corrected chi connectivity index (χ0v) is 9.85. The summed E-state index contributed by atoms with van der Waals surface area (Å²) in [6, 6.07) is 4.90. The molecule has 1 saturated carbocycles. The van der Waals surface area contributed by atoms with Crippen molar-refractivity contribution in [3.8, 4) is 0 Å². The van der Waals surface area contributed by atoms with Gasteiger partial charge in [0.25, 0.3) is 5.69 Å². The van der Waals surface area contributed by atoms with E-state index in [0.717, 1.165) is 18.0 Å². The van der Waals surface area contributed by atoms with Crippen molar-refractivity contribution in [2.45, 2.75) is 32.2 Å². The van der Waals surface area contributed by atoms with E-state index in [1.165, 1.54) is 25.0 Å². The van der Waals surface area contributed by atoms with Gasteiger partial charge in [-0.1, -0.05) is 12.8 Å². The molecule has 0 aliphatic heterocycles. The Kier molecular flexibility index (Phi) is 3.17. The van der Waals surface area contributed by atoms with E-state index >= 15 is 0 Å². The Morgan fingerprint density at radius 3 is 2.82 bits per heavy atom. The zero-order chi connectivity index (χ0) is 12.4. The predicted molar refractivity (Wildman–Crippen MR) is 67.9 cm³/mol. The van der Waals surface area contributed by atoms with E-state index in [1.54, 1.807) is 6.07 Å². The molecule has 5 nitrogen and oxygen atoms in total. The molecule has 0 bridgehead atoms. The molecule has 1 aliphatic carbocycles. The fraction of sp³-hybridized carbons (Fsp3) is 0.500. The molecule has 1 aromatic carbocycles. The number of hydrogen-bond acceptors (Lipinski definition) is 4. The van der Waals surface area contributed by atoms with Crippen LogP contribution in [0, 0.1) is 16.0 Å². The third kappa shape index (κ3) is 3.09. The van der Waals surface area contributed by atoms with Crippen molar-refractivity contribution in [1.29, 1.82) is 0 Å².